The van der Waals surface area contributed by atoms with Crippen molar-refractivity contribution >= 4 is 22.6 Å². The highest BCUT2D eigenvalue weighted by Crippen LogP contribution is 2.28. The third-order valence-corrected chi connectivity index (χ3v) is 5.67. The Morgan fingerprint density at radius 2 is 1.90 bits per heavy atom. The zero-order valence-corrected chi connectivity index (χ0v) is 16.2. The van der Waals surface area contributed by atoms with Gasteiger partial charge in [-0.05, 0) is 42.1 Å². The number of carbonyl (C=O) groups is 1. The Morgan fingerprint density at radius 3 is 2.72 bits per heavy atom. The lowest BCUT2D eigenvalue weighted by Crippen LogP contribution is -2.39. The van der Waals surface area contributed by atoms with Crippen LogP contribution in [0.2, 0.25) is 0 Å². The molecule has 148 valence electrons. The van der Waals surface area contributed by atoms with Gasteiger partial charge in [0, 0.05) is 38.1 Å². The summed E-state index contributed by atoms with van der Waals surface area (Å²) in [6.07, 6.45) is 1.90. The maximum atomic E-state index is 11.8. The van der Waals surface area contributed by atoms with Gasteiger partial charge < -0.3 is 19.9 Å². The van der Waals surface area contributed by atoms with Crippen LogP contribution in [0.4, 0.5) is 5.82 Å². The average molecular weight is 390 g/mol. The first-order valence-electron chi connectivity index (χ1n) is 9.90. The number of hydrogen-bond acceptors (Lipinski definition) is 5. The minimum atomic E-state index is -0.114. The molecule has 0 radical (unpaired) electrons. The molecule has 2 aromatic heterocycles. The summed E-state index contributed by atoms with van der Waals surface area (Å²) in [5, 5.41) is 3.81. The van der Waals surface area contributed by atoms with Crippen LogP contribution in [0.15, 0.2) is 41.2 Å². The number of benzene rings is 1. The first-order valence-corrected chi connectivity index (χ1v) is 9.90. The maximum absolute atomic E-state index is 11.8. The van der Waals surface area contributed by atoms with Crippen LogP contribution < -0.4 is 20.5 Å². The molecular weight excluding hydrogens is 368 g/mol. The topological polar surface area (TPSA) is 87.3 Å². The fourth-order valence-corrected chi connectivity index (χ4v) is 4.13. The van der Waals surface area contributed by atoms with E-state index in [9.17, 15) is 9.59 Å². The summed E-state index contributed by atoms with van der Waals surface area (Å²) in [6, 6.07) is 11.1. The number of hydrogen-bond donors (Lipinski definition) is 2. The van der Waals surface area contributed by atoms with Crippen LogP contribution in [0.5, 0.6) is 5.75 Å². The monoisotopic (exact) mass is 390 g/mol. The van der Waals surface area contributed by atoms with Crippen LogP contribution in [0.3, 0.4) is 0 Å². The predicted octanol–water partition coefficient (Wildman–Crippen LogP) is 2.52. The molecule has 3 aromatic rings. The Labute approximate surface area is 167 Å². The predicted molar refractivity (Wildman–Crippen MR) is 111 cm³/mol. The van der Waals surface area contributed by atoms with Gasteiger partial charge in [-0.1, -0.05) is 0 Å². The molecule has 2 N–H and O–H groups in total. The highest BCUT2D eigenvalue weighted by Gasteiger charge is 2.26. The van der Waals surface area contributed by atoms with Crippen molar-refractivity contribution in [1.82, 2.24) is 15.3 Å². The second-order valence-corrected chi connectivity index (χ2v) is 7.68. The van der Waals surface area contributed by atoms with E-state index in [1.165, 1.54) is 6.07 Å². The molecule has 29 heavy (non-hydrogen) atoms. The highest BCUT2D eigenvalue weighted by molar-refractivity contribution is 5.98. The van der Waals surface area contributed by atoms with Crippen LogP contribution in [0, 0.1) is 6.92 Å². The molecule has 2 aliphatic heterocycles. The number of piperidine rings is 1. The first-order chi connectivity index (χ1) is 14.1. The molecule has 0 bridgehead atoms. The molecule has 0 saturated carbocycles. The lowest BCUT2D eigenvalue weighted by Gasteiger charge is -2.34. The van der Waals surface area contributed by atoms with Crippen LogP contribution in [-0.4, -0.2) is 35.1 Å². The number of fused-ring (bicyclic) bond motifs is 2. The number of nitrogens with one attached hydrogen (secondary N) is 2. The molecule has 1 aromatic carbocycles. The van der Waals surface area contributed by atoms with E-state index in [2.05, 4.69) is 15.2 Å². The van der Waals surface area contributed by atoms with E-state index in [0.29, 0.717) is 12.1 Å². The van der Waals surface area contributed by atoms with Crippen LogP contribution in [0.25, 0.3) is 10.9 Å². The van der Waals surface area contributed by atoms with Crippen LogP contribution >= 0.6 is 0 Å². The third-order valence-electron chi connectivity index (χ3n) is 5.67. The first kappa shape index (κ1) is 17.7. The van der Waals surface area contributed by atoms with E-state index in [0.717, 1.165) is 59.7 Å². The number of H-pyrrole nitrogens is 1. The molecule has 0 spiro atoms. The van der Waals surface area contributed by atoms with Crippen molar-refractivity contribution in [3.05, 3.63) is 63.6 Å². The molecule has 0 aliphatic carbocycles. The fraction of sp³-hybridized carbons (Fsp3) is 0.318. The van der Waals surface area contributed by atoms with Crippen LogP contribution in [-0.2, 0) is 6.54 Å². The minimum Gasteiger partial charge on any atom is -0.490 e. The van der Waals surface area contributed by atoms with Gasteiger partial charge >= 0.3 is 0 Å². The van der Waals surface area contributed by atoms with Crippen molar-refractivity contribution in [3.8, 4) is 5.75 Å². The average Bonchev–Trinajstić information content (AvgIpc) is 3.07. The maximum Gasteiger partial charge on any atom is 0.253 e. The summed E-state index contributed by atoms with van der Waals surface area (Å²) in [6.45, 7) is 4.21. The zero-order valence-electron chi connectivity index (χ0n) is 16.2. The molecule has 1 fully saturated rings. The quantitative estimate of drug-likeness (QED) is 0.718. The van der Waals surface area contributed by atoms with E-state index in [1.807, 2.05) is 37.3 Å². The van der Waals surface area contributed by atoms with Crippen molar-refractivity contribution < 1.29 is 9.53 Å². The van der Waals surface area contributed by atoms with Gasteiger partial charge in [-0.2, -0.15) is 0 Å². The molecule has 7 heteroatoms. The number of amides is 1. The summed E-state index contributed by atoms with van der Waals surface area (Å²) >= 11 is 0. The number of aromatic nitrogens is 2. The van der Waals surface area contributed by atoms with Gasteiger partial charge in [0.05, 0.1) is 23.3 Å². The van der Waals surface area contributed by atoms with Crippen molar-refractivity contribution in [2.24, 2.45) is 0 Å². The van der Waals surface area contributed by atoms with Crippen LogP contribution in [0.1, 0.15) is 34.5 Å². The summed E-state index contributed by atoms with van der Waals surface area (Å²) in [7, 11) is 0. The van der Waals surface area contributed by atoms with Crippen molar-refractivity contribution in [3.63, 3.8) is 0 Å². The molecule has 1 amide bonds. The second-order valence-electron chi connectivity index (χ2n) is 7.68. The highest BCUT2D eigenvalue weighted by atomic mass is 16.5. The Morgan fingerprint density at radius 1 is 1.10 bits per heavy atom. The largest absolute Gasteiger partial charge is 0.490 e. The number of nitrogens with zero attached hydrogens (tertiary/aromatic N) is 2. The van der Waals surface area contributed by atoms with Crippen molar-refractivity contribution in [2.45, 2.75) is 32.4 Å². The van der Waals surface area contributed by atoms with Gasteiger partial charge in [0.2, 0.25) is 5.56 Å². The number of ether oxygens (including phenoxy) is 1. The Kier molecular flexibility index (Phi) is 4.23. The Balaban J connectivity index is 1.27. The standard InChI is InChI=1S/C22H22N4O3/c1-13-10-17-19(12-23-22(17)28)25-21(13)26-8-6-15(7-9-26)29-16-4-2-14-3-5-20(27)24-18(14)11-16/h2-5,10-11,15H,6-9,12H2,1H3,(H,23,28)(H,24,27). The van der Waals surface area contributed by atoms with Crippen molar-refractivity contribution in [2.75, 3.05) is 18.0 Å². The summed E-state index contributed by atoms with van der Waals surface area (Å²) in [4.78, 5) is 33.2. The SMILES string of the molecule is Cc1cc2c(nc1N1CCC(Oc3ccc4ccc(=O)[nH]c4c3)CC1)CNC2=O. The van der Waals surface area contributed by atoms with E-state index in [1.54, 1.807) is 0 Å². The molecule has 1 saturated heterocycles. The lowest BCUT2D eigenvalue weighted by molar-refractivity contribution is 0.0965. The summed E-state index contributed by atoms with van der Waals surface area (Å²) in [5.74, 6) is 1.70. The van der Waals surface area contributed by atoms with E-state index in [-0.39, 0.29) is 17.6 Å². The van der Waals surface area contributed by atoms with Gasteiger partial charge in [0.1, 0.15) is 17.7 Å². The van der Waals surface area contributed by atoms with Gasteiger partial charge in [0.15, 0.2) is 0 Å². The van der Waals surface area contributed by atoms with E-state index >= 15 is 0 Å². The second kappa shape index (κ2) is 6.92. The van der Waals surface area contributed by atoms with Gasteiger partial charge in [-0.15, -0.1) is 0 Å². The Bertz CT molecular complexity index is 1160. The Hall–Kier alpha value is -3.35. The van der Waals surface area contributed by atoms with Gasteiger partial charge in [-0.3, -0.25) is 9.59 Å². The number of pyridine rings is 2. The molecule has 4 heterocycles. The number of carbonyl (C=O) groups excluding carboxylic acids is 1. The number of aromatic amines is 1. The zero-order chi connectivity index (χ0) is 20.0. The number of anilines is 1. The molecule has 5 rings (SSSR count). The van der Waals surface area contributed by atoms with Gasteiger partial charge in [0.25, 0.3) is 5.91 Å². The third kappa shape index (κ3) is 3.33. The summed E-state index contributed by atoms with van der Waals surface area (Å²) in [5.41, 5.74) is 3.22. The molecule has 0 atom stereocenters. The molecule has 2 aliphatic rings. The van der Waals surface area contributed by atoms with E-state index in [4.69, 9.17) is 9.72 Å². The number of aryl methyl sites for hydroxylation is 1. The number of rotatable bonds is 3. The van der Waals surface area contributed by atoms with Crippen molar-refractivity contribution in [1.29, 1.82) is 0 Å². The molecular formula is C22H22N4O3. The normalized spacial score (nSPS) is 16.7. The minimum absolute atomic E-state index is 0.0361. The molecule has 7 nitrogen and oxygen atoms in total. The van der Waals surface area contributed by atoms with E-state index < -0.39 is 0 Å². The lowest BCUT2D eigenvalue weighted by atomic mass is 10.1. The summed E-state index contributed by atoms with van der Waals surface area (Å²) < 4.78 is 6.18. The molecule has 0 unspecified atom stereocenters. The smallest absolute Gasteiger partial charge is 0.253 e. The fourth-order valence-electron chi connectivity index (χ4n) is 4.13. The van der Waals surface area contributed by atoms with Gasteiger partial charge in [-0.25, -0.2) is 4.98 Å².